The third-order valence-electron chi connectivity index (χ3n) is 4.26. The van der Waals surface area contributed by atoms with Crippen LogP contribution in [-0.4, -0.2) is 42.6 Å². The van der Waals surface area contributed by atoms with Crippen molar-refractivity contribution in [1.29, 1.82) is 0 Å². The molecular formula is C14H23N3S. The molecule has 1 saturated carbocycles. The molecule has 2 fully saturated rings. The van der Waals surface area contributed by atoms with E-state index in [9.17, 15) is 0 Å². The Kier molecular flexibility index (Phi) is 3.97. The SMILES string of the molecule is CN1CCNC(CCc2nc(C3CCC3)cs2)C1. The molecule has 1 saturated heterocycles. The summed E-state index contributed by atoms with van der Waals surface area (Å²) in [6.07, 6.45) is 6.48. The summed E-state index contributed by atoms with van der Waals surface area (Å²) >= 11 is 1.86. The second kappa shape index (κ2) is 5.68. The minimum absolute atomic E-state index is 0.653. The molecule has 0 aromatic carbocycles. The number of hydrogen-bond donors (Lipinski definition) is 1. The second-order valence-electron chi connectivity index (χ2n) is 5.75. The Balaban J connectivity index is 1.48. The molecule has 3 nitrogen and oxygen atoms in total. The zero-order valence-electron chi connectivity index (χ0n) is 11.2. The minimum atomic E-state index is 0.653. The van der Waals surface area contributed by atoms with Crippen LogP contribution in [0.4, 0.5) is 0 Å². The number of thiazole rings is 1. The molecular weight excluding hydrogens is 242 g/mol. The molecule has 2 heterocycles. The molecule has 1 aromatic rings. The van der Waals surface area contributed by atoms with E-state index in [4.69, 9.17) is 4.98 Å². The predicted molar refractivity (Wildman–Crippen MR) is 76.3 cm³/mol. The van der Waals surface area contributed by atoms with Crippen LogP contribution in [-0.2, 0) is 6.42 Å². The van der Waals surface area contributed by atoms with Crippen molar-refractivity contribution >= 4 is 11.3 Å². The lowest BCUT2D eigenvalue weighted by molar-refractivity contribution is 0.232. The standard InChI is InChI=1S/C14H23N3S/c1-17-8-7-15-12(9-17)5-6-14-16-13(10-18-14)11-3-2-4-11/h10-12,15H,2-9H2,1H3. The zero-order chi connectivity index (χ0) is 12.4. The Morgan fingerprint density at radius 3 is 3.11 bits per heavy atom. The Morgan fingerprint density at radius 2 is 2.39 bits per heavy atom. The molecule has 1 aliphatic carbocycles. The van der Waals surface area contributed by atoms with Gasteiger partial charge in [0.25, 0.3) is 0 Å². The fourth-order valence-corrected chi connectivity index (χ4v) is 3.71. The maximum atomic E-state index is 4.81. The van der Waals surface area contributed by atoms with Gasteiger partial charge in [-0.05, 0) is 26.3 Å². The van der Waals surface area contributed by atoms with Crippen molar-refractivity contribution in [3.8, 4) is 0 Å². The predicted octanol–water partition coefficient (Wildman–Crippen LogP) is 2.25. The molecule has 0 radical (unpaired) electrons. The number of nitrogens with zero attached hydrogens (tertiary/aromatic N) is 2. The molecule has 0 spiro atoms. The van der Waals surface area contributed by atoms with E-state index < -0.39 is 0 Å². The van der Waals surface area contributed by atoms with Crippen LogP contribution in [0, 0.1) is 0 Å². The first-order valence-electron chi connectivity index (χ1n) is 7.17. The molecule has 1 atom stereocenters. The van der Waals surface area contributed by atoms with E-state index in [1.54, 1.807) is 0 Å². The van der Waals surface area contributed by atoms with E-state index >= 15 is 0 Å². The third-order valence-corrected chi connectivity index (χ3v) is 5.19. The molecule has 1 aliphatic heterocycles. The van der Waals surface area contributed by atoms with Gasteiger partial charge in [0, 0.05) is 43.4 Å². The Morgan fingerprint density at radius 1 is 1.50 bits per heavy atom. The van der Waals surface area contributed by atoms with Gasteiger partial charge in [0.15, 0.2) is 0 Å². The molecule has 4 heteroatoms. The van der Waals surface area contributed by atoms with Crippen LogP contribution in [0.1, 0.15) is 42.3 Å². The summed E-state index contributed by atoms with van der Waals surface area (Å²) in [6.45, 7) is 3.49. The van der Waals surface area contributed by atoms with Crippen molar-refractivity contribution in [2.45, 2.75) is 44.1 Å². The van der Waals surface area contributed by atoms with E-state index in [0.29, 0.717) is 6.04 Å². The van der Waals surface area contributed by atoms with E-state index in [1.165, 1.54) is 49.5 Å². The van der Waals surface area contributed by atoms with Gasteiger partial charge in [-0.1, -0.05) is 6.42 Å². The summed E-state index contributed by atoms with van der Waals surface area (Å²) in [7, 11) is 2.21. The summed E-state index contributed by atoms with van der Waals surface area (Å²) in [5.41, 5.74) is 1.37. The quantitative estimate of drug-likeness (QED) is 0.905. The summed E-state index contributed by atoms with van der Waals surface area (Å²) in [5.74, 6) is 0.786. The van der Waals surface area contributed by atoms with E-state index in [-0.39, 0.29) is 0 Å². The lowest BCUT2D eigenvalue weighted by Gasteiger charge is -2.30. The molecule has 2 aliphatic rings. The van der Waals surface area contributed by atoms with Crippen LogP contribution in [0.2, 0.25) is 0 Å². The Bertz CT molecular complexity index is 386. The highest BCUT2D eigenvalue weighted by atomic mass is 32.1. The monoisotopic (exact) mass is 265 g/mol. The molecule has 100 valence electrons. The van der Waals surface area contributed by atoms with Crippen LogP contribution < -0.4 is 5.32 Å². The fraction of sp³-hybridized carbons (Fsp3) is 0.786. The van der Waals surface area contributed by atoms with Gasteiger partial charge in [-0.15, -0.1) is 11.3 Å². The van der Waals surface area contributed by atoms with Crippen molar-refractivity contribution in [2.24, 2.45) is 0 Å². The molecule has 1 aromatic heterocycles. The first kappa shape index (κ1) is 12.6. The van der Waals surface area contributed by atoms with E-state index in [1.807, 2.05) is 11.3 Å². The van der Waals surface area contributed by atoms with Gasteiger partial charge >= 0.3 is 0 Å². The lowest BCUT2D eigenvalue weighted by Crippen LogP contribution is -2.49. The summed E-state index contributed by atoms with van der Waals surface area (Å²) < 4.78 is 0. The highest BCUT2D eigenvalue weighted by Gasteiger charge is 2.22. The highest BCUT2D eigenvalue weighted by molar-refractivity contribution is 7.09. The van der Waals surface area contributed by atoms with Gasteiger partial charge in [0.1, 0.15) is 0 Å². The minimum Gasteiger partial charge on any atom is -0.311 e. The van der Waals surface area contributed by atoms with Crippen LogP contribution >= 0.6 is 11.3 Å². The average molecular weight is 265 g/mol. The average Bonchev–Trinajstić information content (AvgIpc) is 2.73. The number of aryl methyl sites for hydroxylation is 1. The number of piperazine rings is 1. The molecule has 0 bridgehead atoms. The van der Waals surface area contributed by atoms with Gasteiger partial charge in [0.05, 0.1) is 10.7 Å². The Labute approximate surface area is 114 Å². The molecule has 18 heavy (non-hydrogen) atoms. The molecule has 1 N–H and O–H groups in total. The maximum Gasteiger partial charge on any atom is 0.0928 e. The van der Waals surface area contributed by atoms with Crippen molar-refractivity contribution < 1.29 is 0 Å². The van der Waals surface area contributed by atoms with Gasteiger partial charge in [-0.3, -0.25) is 0 Å². The third kappa shape index (κ3) is 2.92. The zero-order valence-corrected chi connectivity index (χ0v) is 12.0. The first-order valence-corrected chi connectivity index (χ1v) is 8.05. The Hall–Kier alpha value is -0.450. The number of likely N-dealkylation sites (N-methyl/N-ethyl adjacent to an activating group) is 1. The van der Waals surface area contributed by atoms with Gasteiger partial charge in [0.2, 0.25) is 0 Å². The van der Waals surface area contributed by atoms with Crippen molar-refractivity contribution in [1.82, 2.24) is 15.2 Å². The molecule has 1 unspecified atom stereocenters. The van der Waals surface area contributed by atoms with E-state index in [2.05, 4.69) is 22.6 Å². The van der Waals surface area contributed by atoms with Crippen LogP contribution in [0.3, 0.4) is 0 Å². The molecule has 0 amide bonds. The van der Waals surface area contributed by atoms with Gasteiger partial charge in [-0.2, -0.15) is 0 Å². The smallest absolute Gasteiger partial charge is 0.0928 e. The fourth-order valence-electron chi connectivity index (χ4n) is 2.81. The second-order valence-corrected chi connectivity index (χ2v) is 6.69. The summed E-state index contributed by atoms with van der Waals surface area (Å²) in [4.78, 5) is 7.23. The highest BCUT2D eigenvalue weighted by Crippen LogP contribution is 2.36. The van der Waals surface area contributed by atoms with Crippen LogP contribution in [0.5, 0.6) is 0 Å². The lowest BCUT2D eigenvalue weighted by atomic mass is 9.83. The van der Waals surface area contributed by atoms with E-state index in [0.717, 1.165) is 18.9 Å². The van der Waals surface area contributed by atoms with Crippen LogP contribution in [0.15, 0.2) is 5.38 Å². The molecule has 3 rings (SSSR count). The largest absolute Gasteiger partial charge is 0.311 e. The van der Waals surface area contributed by atoms with Crippen molar-refractivity contribution in [3.05, 3.63) is 16.1 Å². The topological polar surface area (TPSA) is 28.2 Å². The number of aromatic nitrogens is 1. The van der Waals surface area contributed by atoms with Gasteiger partial charge < -0.3 is 10.2 Å². The van der Waals surface area contributed by atoms with Crippen molar-refractivity contribution in [3.63, 3.8) is 0 Å². The van der Waals surface area contributed by atoms with Crippen molar-refractivity contribution in [2.75, 3.05) is 26.7 Å². The first-order chi connectivity index (χ1) is 8.81. The number of hydrogen-bond acceptors (Lipinski definition) is 4. The summed E-state index contributed by atoms with van der Waals surface area (Å²) in [6, 6.07) is 0.653. The van der Waals surface area contributed by atoms with Gasteiger partial charge in [-0.25, -0.2) is 4.98 Å². The normalized spacial score (nSPS) is 26.2. The number of rotatable bonds is 4. The summed E-state index contributed by atoms with van der Waals surface area (Å²) in [5, 5.41) is 7.24. The number of nitrogens with one attached hydrogen (secondary N) is 1. The van der Waals surface area contributed by atoms with Crippen LogP contribution in [0.25, 0.3) is 0 Å². The maximum absolute atomic E-state index is 4.81.